The van der Waals surface area contributed by atoms with Gasteiger partial charge in [-0.25, -0.2) is 9.97 Å². The minimum absolute atomic E-state index is 0.624. The Morgan fingerprint density at radius 1 is 1.12 bits per heavy atom. The molecule has 0 bridgehead atoms. The van der Waals surface area contributed by atoms with Gasteiger partial charge in [0, 0.05) is 25.2 Å². The smallest absolute Gasteiger partial charge is 0.137 e. The molecule has 0 saturated carbocycles. The van der Waals surface area contributed by atoms with Crippen molar-refractivity contribution in [3.05, 3.63) is 17.0 Å². The highest BCUT2D eigenvalue weighted by Gasteiger charge is 2.24. The van der Waals surface area contributed by atoms with Crippen molar-refractivity contribution in [2.45, 2.75) is 19.3 Å². The van der Waals surface area contributed by atoms with Crippen molar-refractivity contribution in [1.82, 2.24) is 14.9 Å². The lowest BCUT2D eigenvalue weighted by Gasteiger charge is -2.22. The van der Waals surface area contributed by atoms with Crippen LogP contribution in [0.3, 0.4) is 0 Å². The highest BCUT2D eigenvalue weighted by atomic mass is 35.5. The van der Waals surface area contributed by atoms with Gasteiger partial charge in [0.1, 0.15) is 17.3 Å². The molecule has 0 unspecified atom stereocenters. The van der Waals surface area contributed by atoms with Gasteiger partial charge in [-0.05, 0) is 32.4 Å². The summed E-state index contributed by atoms with van der Waals surface area (Å²) in [7, 11) is 0. The fraction of sp³-hybridized carbons (Fsp3) is 0.667. The molecule has 3 rings (SSSR count). The van der Waals surface area contributed by atoms with Gasteiger partial charge in [0.15, 0.2) is 0 Å². The monoisotopic (exact) mass is 252 g/mol. The lowest BCUT2D eigenvalue weighted by Crippen LogP contribution is -2.33. The van der Waals surface area contributed by atoms with E-state index in [2.05, 4.69) is 19.8 Å². The Morgan fingerprint density at radius 3 is 2.76 bits per heavy atom. The normalized spacial score (nSPS) is 19.9. The van der Waals surface area contributed by atoms with Crippen LogP contribution in [0, 0.1) is 0 Å². The number of hydrogen-bond donors (Lipinski definition) is 0. The van der Waals surface area contributed by atoms with Gasteiger partial charge in [0.05, 0.1) is 0 Å². The lowest BCUT2D eigenvalue weighted by atomic mass is 10.3. The Labute approximate surface area is 107 Å². The molecule has 0 atom stereocenters. The first-order valence-electron chi connectivity index (χ1n) is 6.31. The quantitative estimate of drug-likeness (QED) is 0.765. The number of aromatic nitrogens is 2. The Balaban J connectivity index is 1.65. The van der Waals surface area contributed by atoms with E-state index in [9.17, 15) is 0 Å². The number of halogens is 1. The molecule has 1 aromatic heterocycles. The third-order valence-corrected chi connectivity index (χ3v) is 4.01. The van der Waals surface area contributed by atoms with Crippen LogP contribution in [0.4, 0.5) is 5.82 Å². The molecule has 3 heterocycles. The number of nitrogens with zero attached hydrogens (tertiary/aromatic N) is 4. The van der Waals surface area contributed by atoms with Crippen molar-refractivity contribution in [1.29, 1.82) is 0 Å². The second-order valence-corrected chi connectivity index (χ2v) is 5.11. The van der Waals surface area contributed by atoms with E-state index in [4.69, 9.17) is 11.6 Å². The maximum absolute atomic E-state index is 6.07. The van der Waals surface area contributed by atoms with Gasteiger partial charge >= 0.3 is 0 Å². The minimum Gasteiger partial charge on any atom is -0.355 e. The van der Waals surface area contributed by atoms with E-state index in [1.165, 1.54) is 25.9 Å². The summed E-state index contributed by atoms with van der Waals surface area (Å²) < 4.78 is 0. The van der Waals surface area contributed by atoms with Gasteiger partial charge < -0.3 is 9.80 Å². The topological polar surface area (TPSA) is 32.3 Å². The van der Waals surface area contributed by atoms with Crippen molar-refractivity contribution < 1.29 is 0 Å². The molecule has 1 fully saturated rings. The zero-order chi connectivity index (χ0) is 11.7. The lowest BCUT2D eigenvalue weighted by molar-refractivity contribution is 0.345. The molecule has 0 N–H and O–H groups in total. The molecular formula is C12H17ClN4. The molecule has 5 heteroatoms. The highest BCUT2D eigenvalue weighted by molar-refractivity contribution is 6.30. The standard InChI is InChI=1S/C12H17ClN4/c13-11-10-3-6-17(12(10)15-9-14-11)8-7-16-4-1-2-5-16/h9H,1-8H2. The maximum atomic E-state index is 6.07. The van der Waals surface area contributed by atoms with E-state index in [0.717, 1.165) is 37.4 Å². The van der Waals surface area contributed by atoms with Crippen LogP contribution in [0.1, 0.15) is 18.4 Å². The Hall–Kier alpha value is -0.870. The summed E-state index contributed by atoms with van der Waals surface area (Å²) in [5.74, 6) is 1.05. The third-order valence-electron chi connectivity index (χ3n) is 3.69. The van der Waals surface area contributed by atoms with E-state index in [-0.39, 0.29) is 0 Å². The van der Waals surface area contributed by atoms with E-state index in [1.807, 2.05) is 0 Å². The molecule has 0 radical (unpaired) electrons. The maximum Gasteiger partial charge on any atom is 0.137 e. The van der Waals surface area contributed by atoms with Crippen molar-refractivity contribution in [2.75, 3.05) is 37.6 Å². The largest absolute Gasteiger partial charge is 0.355 e. The number of likely N-dealkylation sites (tertiary alicyclic amines) is 1. The predicted octanol–water partition coefficient (Wildman–Crippen LogP) is 1.59. The number of hydrogen-bond acceptors (Lipinski definition) is 4. The average molecular weight is 253 g/mol. The van der Waals surface area contributed by atoms with Gasteiger partial charge in [-0.15, -0.1) is 0 Å². The van der Waals surface area contributed by atoms with Gasteiger partial charge in [-0.3, -0.25) is 0 Å². The zero-order valence-electron chi connectivity index (χ0n) is 9.90. The van der Waals surface area contributed by atoms with Crippen LogP contribution in [0.15, 0.2) is 6.33 Å². The minimum atomic E-state index is 0.624. The molecule has 1 aromatic rings. The second kappa shape index (κ2) is 4.78. The third kappa shape index (κ3) is 2.24. The van der Waals surface area contributed by atoms with Crippen LogP contribution in [0.25, 0.3) is 0 Å². The summed E-state index contributed by atoms with van der Waals surface area (Å²) in [4.78, 5) is 13.3. The SMILES string of the molecule is Clc1ncnc2c1CCN2CCN1CCCC1. The van der Waals surface area contributed by atoms with Crippen LogP contribution in [0.2, 0.25) is 5.15 Å². The fourth-order valence-electron chi connectivity index (χ4n) is 2.71. The van der Waals surface area contributed by atoms with Crippen LogP contribution < -0.4 is 4.90 Å². The predicted molar refractivity (Wildman–Crippen MR) is 68.6 cm³/mol. The molecule has 0 aliphatic carbocycles. The van der Waals surface area contributed by atoms with Crippen molar-refractivity contribution in [2.24, 2.45) is 0 Å². The summed E-state index contributed by atoms with van der Waals surface area (Å²) >= 11 is 6.07. The first-order chi connectivity index (χ1) is 8.34. The van der Waals surface area contributed by atoms with Gasteiger partial charge in [0.25, 0.3) is 0 Å². The van der Waals surface area contributed by atoms with E-state index in [1.54, 1.807) is 6.33 Å². The summed E-state index contributed by atoms with van der Waals surface area (Å²) in [6.07, 6.45) is 5.25. The summed E-state index contributed by atoms with van der Waals surface area (Å²) in [6.45, 7) is 5.74. The van der Waals surface area contributed by atoms with Crippen molar-refractivity contribution >= 4 is 17.4 Å². The van der Waals surface area contributed by atoms with E-state index < -0.39 is 0 Å². The Kier molecular flexibility index (Phi) is 3.16. The zero-order valence-corrected chi connectivity index (χ0v) is 10.7. The first-order valence-corrected chi connectivity index (χ1v) is 6.69. The van der Waals surface area contributed by atoms with E-state index in [0.29, 0.717) is 5.15 Å². The molecule has 17 heavy (non-hydrogen) atoms. The van der Waals surface area contributed by atoms with E-state index >= 15 is 0 Å². The van der Waals surface area contributed by atoms with Crippen LogP contribution >= 0.6 is 11.6 Å². The number of fused-ring (bicyclic) bond motifs is 1. The first kappa shape index (κ1) is 11.2. The Morgan fingerprint density at radius 2 is 1.94 bits per heavy atom. The van der Waals surface area contributed by atoms with Crippen LogP contribution in [0.5, 0.6) is 0 Å². The molecular weight excluding hydrogens is 236 g/mol. The molecule has 4 nitrogen and oxygen atoms in total. The molecule has 2 aliphatic rings. The molecule has 0 amide bonds. The average Bonchev–Trinajstić information content (AvgIpc) is 2.95. The number of rotatable bonds is 3. The molecule has 2 aliphatic heterocycles. The summed E-state index contributed by atoms with van der Waals surface area (Å²) in [5, 5.41) is 0.624. The summed E-state index contributed by atoms with van der Waals surface area (Å²) in [5.41, 5.74) is 1.12. The van der Waals surface area contributed by atoms with Crippen molar-refractivity contribution in [3.8, 4) is 0 Å². The molecule has 92 valence electrons. The Bertz CT molecular complexity index is 403. The van der Waals surface area contributed by atoms with Gasteiger partial charge in [-0.2, -0.15) is 0 Å². The molecule has 1 saturated heterocycles. The fourth-order valence-corrected chi connectivity index (χ4v) is 2.93. The number of anilines is 1. The van der Waals surface area contributed by atoms with Gasteiger partial charge in [-0.1, -0.05) is 11.6 Å². The van der Waals surface area contributed by atoms with Crippen LogP contribution in [-0.4, -0.2) is 47.6 Å². The summed E-state index contributed by atoms with van der Waals surface area (Å²) in [6, 6.07) is 0. The van der Waals surface area contributed by atoms with Crippen LogP contribution in [-0.2, 0) is 6.42 Å². The second-order valence-electron chi connectivity index (χ2n) is 4.75. The van der Waals surface area contributed by atoms with Gasteiger partial charge in [0.2, 0.25) is 0 Å². The molecule has 0 aromatic carbocycles. The van der Waals surface area contributed by atoms with Crippen molar-refractivity contribution in [3.63, 3.8) is 0 Å². The highest BCUT2D eigenvalue weighted by Crippen LogP contribution is 2.29. The molecule has 0 spiro atoms.